The number of carboxylic acid groups (broad SMARTS) is 1. The normalized spacial score (nSPS) is 11.2. The maximum atomic E-state index is 12.6. The largest absolute Gasteiger partial charge is 0.573 e. The number of halogens is 5. The number of benzene rings is 1. The van der Waals surface area contributed by atoms with Gasteiger partial charge in [-0.05, 0) is 12.1 Å². The Bertz CT molecular complexity index is 547. The lowest BCUT2D eigenvalue weighted by Gasteiger charge is -2.14. The summed E-state index contributed by atoms with van der Waals surface area (Å²) in [5.41, 5.74) is -3.11. The molecule has 0 amide bonds. The van der Waals surface area contributed by atoms with Crippen LogP contribution < -0.4 is 4.74 Å². The highest BCUT2D eigenvalue weighted by Crippen LogP contribution is 2.34. The summed E-state index contributed by atoms with van der Waals surface area (Å²) in [7, 11) is 0. The third-order valence-electron chi connectivity index (χ3n) is 1.94. The molecule has 0 spiro atoms. The summed E-state index contributed by atoms with van der Waals surface area (Å²) in [5, 5.41) is 17.2. The van der Waals surface area contributed by atoms with Crippen LogP contribution >= 0.6 is 0 Å². The topological polar surface area (TPSA) is 70.3 Å². The molecule has 0 unspecified atom stereocenters. The van der Waals surface area contributed by atoms with Crippen LogP contribution in [0.5, 0.6) is 5.75 Å². The van der Waals surface area contributed by atoms with Crippen molar-refractivity contribution >= 4 is 5.97 Å². The van der Waals surface area contributed by atoms with Gasteiger partial charge >= 0.3 is 12.3 Å². The molecule has 1 aromatic rings. The van der Waals surface area contributed by atoms with Crippen molar-refractivity contribution in [1.82, 2.24) is 0 Å². The van der Waals surface area contributed by atoms with Gasteiger partial charge in [-0.15, -0.1) is 13.2 Å². The standard InChI is InChI=1S/C10H4F5NO3/c11-8(12)5-1-4(3-16)2-6(7(5)9(17)18)19-10(13,14)15/h1-2,8H,(H,17,18). The fourth-order valence-electron chi connectivity index (χ4n) is 1.31. The van der Waals surface area contributed by atoms with Gasteiger partial charge in [0, 0.05) is 5.56 Å². The van der Waals surface area contributed by atoms with Crippen LogP contribution in [0.25, 0.3) is 0 Å². The van der Waals surface area contributed by atoms with E-state index in [4.69, 9.17) is 10.4 Å². The second-order valence-electron chi connectivity index (χ2n) is 3.20. The predicted octanol–water partition coefficient (Wildman–Crippen LogP) is 3.09. The van der Waals surface area contributed by atoms with Crippen molar-refractivity contribution in [2.24, 2.45) is 0 Å². The molecule has 0 saturated heterocycles. The van der Waals surface area contributed by atoms with Crippen molar-refractivity contribution < 1.29 is 36.6 Å². The third kappa shape index (κ3) is 3.54. The van der Waals surface area contributed by atoms with Crippen LogP contribution in [0.3, 0.4) is 0 Å². The zero-order chi connectivity index (χ0) is 14.8. The van der Waals surface area contributed by atoms with Gasteiger partial charge in [-0.1, -0.05) is 0 Å². The lowest BCUT2D eigenvalue weighted by Crippen LogP contribution is -2.20. The van der Waals surface area contributed by atoms with E-state index in [2.05, 4.69) is 4.74 Å². The Morgan fingerprint density at radius 3 is 2.32 bits per heavy atom. The number of aromatic carboxylic acids is 1. The molecule has 1 rings (SSSR count). The number of nitrogens with zero attached hydrogens (tertiary/aromatic N) is 1. The minimum absolute atomic E-state index is 0.433. The molecule has 102 valence electrons. The molecule has 0 aliphatic rings. The lowest BCUT2D eigenvalue weighted by molar-refractivity contribution is -0.274. The number of hydrogen-bond donors (Lipinski definition) is 1. The van der Waals surface area contributed by atoms with E-state index in [-0.39, 0.29) is 0 Å². The lowest BCUT2D eigenvalue weighted by atomic mass is 10.0. The average Bonchev–Trinajstić information content (AvgIpc) is 2.24. The summed E-state index contributed by atoms with van der Waals surface area (Å²) in [6, 6.07) is 2.27. The summed E-state index contributed by atoms with van der Waals surface area (Å²) in [5.74, 6) is -3.37. The fourth-order valence-corrected chi connectivity index (χ4v) is 1.31. The van der Waals surface area contributed by atoms with Gasteiger partial charge in [0.05, 0.1) is 11.6 Å². The Morgan fingerprint density at radius 1 is 1.37 bits per heavy atom. The molecule has 4 nitrogen and oxygen atoms in total. The summed E-state index contributed by atoms with van der Waals surface area (Å²) < 4.78 is 64.8. The van der Waals surface area contributed by atoms with E-state index >= 15 is 0 Å². The first-order valence-corrected chi connectivity index (χ1v) is 4.51. The Morgan fingerprint density at radius 2 is 1.95 bits per heavy atom. The maximum Gasteiger partial charge on any atom is 0.573 e. The fraction of sp³-hybridized carbons (Fsp3) is 0.200. The third-order valence-corrected chi connectivity index (χ3v) is 1.94. The van der Waals surface area contributed by atoms with E-state index < -0.39 is 41.2 Å². The highest BCUT2D eigenvalue weighted by Gasteiger charge is 2.35. The smallest absolute Gasteiger partial charge is 0.478 e. The van der Waals surface area contributed by atoms with Crippen LogP contribution in [0.2, 0.25) is 0 Å². The Labute approximate surface area is 102 Å². The van der Waals surface area contributed by atoms with Crippen molar-refractivity contribution in [2.75, 3.05) is 0 Å². The van der Waals surface area contributed by atoms with Crippen LogP contribution in [-0.2, 0) is 0 Å². The highest BCUT2D eigenvalue weighted by molar-refractivity contribution is 5.93. The highest BCUT2D eigenvalue weighted by atomic mass is 19.4. The Kier molecular flexibility index (Phi) is 3.94. The molecule has 0 aromatic heterocycles. The molecule has 0 radical (unpaired) electrons. The van der Waals surface area contributed by atoms with Gasteiger partial charge < -0.3 is 9.84 Å². The number of carboxylic acids is 1. The van der Waals surface area contributed by atoms with E-state index in [0.717, 1.165) is 0 Å². The van der Waals surface area contributed by atoms with Crippen molar-refractivity contribution in [3.8, 4) is 11.8 Å². The summed E-state index contributed by atoms with van der Waals surface area (Å²) in [4.78, 5) is 10.8. The van der Waals surface area contributed by atoms with E-state index in [9.17, 15) is 26.7 Å². The first-order chi connectivity index (χ1) is 8.65. The molecule has 0 saturated carbocycles. The van der Waals surface area contributed by atoms with Crippen molar-refractivity contribution in [1.29, 1.82) is 5.26 Å². The zero-order valence-electron chi connectivity index (χ0n) is 8.83. The second-order valence-corrected chi connectivity index (χ2v) is 3.20. The van der Waals surface area contributed by atoms with E-state index in [0.29, 0.717) is 12.1 Å². The second kappa shape index (κ2) is 5.09. The number of carbonyl (C=O) groups is 1. The predicted molar refractivity (Wildman–Crippen MR) is 49.8 cm³/mol. The van der Waals surface area contributed by atoms with E-state index in [1.807, 2.05) is 0 Å². The molecule has 0 heterocycles. The van der Waals surface area contributed by atoms with Crippen molar-refractivity contribution in [2.45, 2.75) is 12.8 Å². The average molecular weight is 281 g/mol. The monoisotopic (exact) mass is 281 g/mol. The van der Waals surface area contributed by atoms with Crippen LogP contribution in [0.15, 0.2) is 12.1 Å². The molecule has 9 heteroatoms. The van der Waals surface area contributed by atoms with Gasteiger partial charge in [0.15, 0.2) is 0 Å². The summed E-state index contributed by atoms with van der Waals surface area (Å²) in [6.07, 6.45) is -8.63. The summed E-state index contributed by atoms with van der Waals surface area (Å²) in [6.45, 7) is 0. The zero-order valence-corrected chi connectivity index (χ0v) is 8.83. The Balaban J connectivity index is 3.54. The molecule has 19 heavy (non-hydrogen) atoms. The van der Waals surface area contributed by atoms with Crippen LogP contribution in [0, 0.1) is 11.3 Å². The van der Waals surface area contributed by atoms with E-state index in [1.54, 1.807) is 0 Å². The molecule has 1 N–H and O–H groups in total. The van der Waals surface area contributed by atoms with Gasteiger partial charge in [0.2, 0.25) is 0 Å². The maximum absolute atomic E-state index is 12.6. The molecular weight excluding hydrogens is 277 g/mol. The van der Waals surface area contributed by atoms with Gasteiger partial charge in [-0.25, -0.2) is 13.6 Å². The quantitative estimate of drug-likeness (QED) is 0.864. The molecule has 0 fully saturated rings. The number of alkyl halides is 5. The first-order valence-electron chi connectivity index (χ1n) is 4.51. The molecule has 0 bridgehead atoms. The van der Waals surface area contributed by atoms with Crippen LogP contribution in [0.1, 0.15) is 27.9 Å². The number of rotatable bonds is 3. The van der Waals surface area contributed by atoms with Crippen LogP contribution in [-0.4, -0.2) is 17.4 Å². The van der Waals surface area contributed by atoms with Crippen LogP contribution in [0.4, 0.5) is 22.0 Å². The molecule has 0 atom stereocenters. The molecule has 1 aromatic carbocycles. The van der Waals surface area contributed by atoms with Crippen molar-refractivity contribution in [3.05, 3.63) is 28.8 Å². The molecular formula is C10H4F5NO3. The van der Waals surface area contributed by atoms with Gasteiger partial charge in [-0.2, -0.15) is 5.26 Å². The van der Waals surface area contributed by atoms with Gasteiger partial charge in [0.1, 0.15) is 11.3 Å². The summed E-state index contributed by atoms with van der Waals surface area (Å²) >= 11 is 0. The van der Waals surface area contributed by atoms with Crippen molar-refractivity contribution in [3.63, 3.8) is 0 Å². The first kappa shape index (κ1) is 14.7. The minimum Gasteiger partial charge on any atom is -0.478 e. The SMILES string of the molecule is N#Cc1cc(OC(F)(F)F)c(C(=O)O)c(C(F)F)c1. The number of nitriles is 1. The number of hydrogen-bond acceptors (Lipinski definition) is 3. The molecule has 0 aliphatic carbocycles. The van der Waals surface area contributed by atoms with Gasteiger partial charge in [-0.3, -0.25) is 0 Å². The minimum atomic E-state index is -5.27. The number of ether oxygens (including phenoxy) is 1. The van der Waals surface area contributed by atoms with Gasteiger partial charge in [0.25, 0.3) is 6.43 Å². The molecule has 0 aliphatic heterocycles. The Hall–Kier alpha value is -2.37. The van der Waals surface area contributed by atoms with E-state index in [1.165, 1.54) is 6.07 Å².